The minimum Gasteiger partial charge on any atom is -0.481 e. The van der Waals surface area contributed by atoms with Gasteiger partial charge < -0.3 is 10.0 Å². The van der Waals surface area contributed by atoms with E-state index in [1.165, 1.54) is 0 Å². The van der Waals surface area contributed by atoms with Crippen LogP contribution in [0.3, 0.4) is 0 Å². The zero-order valence-electron chi connectivity index (χ0n) is 11.7. The summed E-state index contributed by atoms with van der Waals surface area (Å²) in [6.07, 6.45) is 3.35. The molecule has 1 aromatic carbocycles. The molecule has 1 N–H and O–H groups in total. The highest BCUT2D eigenvalue weighted by atomic mass is 35.5. The van der Waals surface area contributed by atoms with Gasteiger partial charge in [0.15, 0.2) is 0 Å². The van der Waals surface area contributed by atoms with Crippen LogP contribution in [0.25, 0.3) is 0 Å². The van der Waals surface area contributed by atoms with Crippen LogP contribution in [0.5, 0.6) is 0 Å². The molecule has 2 saturated carbocycles. The normalized spacial score (nSPS) is 24.2. The van der Waals surface area contributed by atoms with Crippen LogP contribution in [0, 0.1) is 11.8 Å². The largest absolute Gasteiger partial charge is 0.481 e. The molecular weight excluding hydrogens is 290 g/mol. The third-order valence-corrected chi connectivity index (χ3v) is 4.70. The summed E-state index contributed by atoms with van der Waals surface area (Å²) in [5.74, 6) is -1.67. The molecule has 2 atom stereocenters. The first kappa shape index (κ1) is 14.4. The van der Waals surface area contributed by atoms with Gasteiger partial charge in [-0.1, -0.05) is 23.7 Å². The zero-order chi connectivity index (χ0) is 15.0. The molecule has 1 amide bonds. The highest BCUT2D eigenvalue weighted by Gasteiger charge is 2.45. The van der Waals surface area contributed by atoms with Crippen LogP contribution in [-0.2, 0) is 16.1 Å². The van der Waals surface area contributed by atoms with E-state index in [9.17, 15) is 9.59 Å². The molecule has 0 saturated heterocycles. The SMILES string of the molecule is O=C(O)C1CCC1C(=O)N(Cc1ccc(Cl)cc1)C1CC1. The molecule has 2 aliphatic carbocycles. The highest BCUT2D eigenvalue weighted by Crippen LogP contribution is 2.39. The summed E-state index contributed by atoms with van der Waals surface area (Å²) in [6, 6.07) is 7.75. The van der Waals surface area contributed by atoms with E-state index in [4.69, 9.17) is 16.7 Å². The fourth-order valence-corrected chi connectivity index (χ4v) is 2.99. The lowest BCUT2D eigenvalue weighted by molar-refractivity contribution is -0.157. The Morgan fingerprint density at radius 2 is 1.71 bits per heavy atom. The molecule has 2 fully saturated rings. The van der Waals surface area contributed by atoms with Gasteiger partial charge >= 0.3 is 5.97 Å². The Morgan fingerprint density at radius 1 is 1.10 bits per heavy atom. The van der Waals surface area contributed by atoms with Crippen molar-refractivity contribution in [3.05, 3.63) is 34.9 Å². The summed E-state index contributed by atoms with van der Waals surface area (Å²) in [5.41, 5.74) is 1.03. The molecule has 0 heterocycles. The van der Waals surface area contributed by atoms with Gasteiger partial charge in [-0.3, -0.25) is 9.59 Å². The Balaban J connectivity index is 1.71. The third kappa shape index (κ3) is 3.05. The maximum Gasteiger partial charge on any atom is 0.307 e. The molecule has 0 bridgehead atoms. The van der Waals surface area contributed by atoms with Gasteiger partial charge in [0.05, 0.1) is 11.8 Å². The van der Waals surface area contributed by atoms with Gasteiger partial charge in [-0.2, -0.15) is 0 Å². The molecule has 21 heavy (non-hydrogen) atoms. The van der Waals surface area contributed by atoms with Gasteiger partial charge in [0, 0.05) is 17.6 Å². The van der Waals surface area contributed by atoms with Crippen molar-refractivity contribution >= 4 is 23.5 Å². The standard InChI is InChI=1S/C16H18ClNO3/c17-11-3-1-10(2-4-11)9-18(12-5-6-12)15(19)13-7-8-14(13)16(20)21/h1-4,12-14H,5-9H2,(H,20,21). The minimum absolute atomic E-state index is 0.00565. The molecule has 2 aliphatic rings. The fraction of sp³-hybridized carbons (Fsp3) is 0.500. The lowest BCUT2D eigenvalue weighted by Gasteiger charge is -2.36. The molecule has 0 aliphatic heterocycles. The van der Waals surface area contributed by atoms with E-state index in [2.05, 4.69) is 0 Å². The average Bonchev–Trinajstić information content (AvgIpc) is 3.20. The highest BCUT2D eigenvalue weighted by molar-refractivity contribution is 6.30. The molecule has 2 unspecified atom stereocenters. The Labute approximate surface area is 128 Å². The quantitative estimate of drug-likeness (QED) is 0.910. The Morgan fingerprint density at radius 3 is 2.19 bits per heavy atom. The second-order valence-electron chi connectivity index (χ2n) is 5.95. The Bertz CT molecular complexity index is 553. The van der Waals surface area contributed by atoms with Crippen molar-refractivity contribution in [2.75, 3.05) is 0 Å². The van der Waals surface area contributed by atoms with Gasteiger partial charge in [-0.05, 0) is 43.4 Å². The van der Waals surface area contributed by atoms with Crippen molar-refractivity contribution in [3.63, 3.8) is 0 Å². The van der Waals surface area contributed by atoms with E-state index in [1.807, 2.05) is 29.2 Å². The first-order chi connectivity index (χ1) is 10.1. The molecular formula is C16H18ClNO3. The number of rotatable bonds is 5. The maximum absolute atomic E-state index is 12.6. The molecule has 3 rings (SSSR count). The van der Waals surface area contributed by atoms with E-state index in [1.54, 1.807) is 0 Å². The lowest BCUT2D eigenvalue weighted by Crippen LogP contribution is -2.46. The number of hydrogen-bond acceptors (Lipinski definition) is 2. The smallest absolute Gasteiger partial charge is 0.307 e. The summed E-state index contributed by atoms with van der Waals surface area (Å²) < 4.78 is 0. The summed E-state index contributed by atoms with van der Waals surface area (Å²) in [6.45, 7) is 0.545. The number of halogens is 1. The van der Waals surface area contributed by atoms with Crippen LogP contribution in [0.1, 0.15) is 31.2 Å². The third-order valence-electron chi connectivity index (χ3n) is 4.45. The molecule has 1 aromatic rings. The topological polar surface area (TPSA) is 57.6 Å². The summed E-state index contributed by atoms with van der Waals surface area (Å²) in [7, 11) is 0. The number of benzene rings is 1. The van der Waals surface area contributed by atoms with E-state index in [0.717, 1.165) is 18.4 Å². The number of carbonyl (C=O) groups excluding carboxylic acids is 1. The number of amides is 1. The number of carbonyl (C=O) groups is 2. The van der Waals surface area contributed by atoms with Crippen LogP contribution in [0.2, 0.25) is 5.02 Å². The van der Waals surface area contributed by atoms with Crippen LogP contribution in [0.4, 0.5) is 0 Å². The lowest BCUT2D eigenvalue weighted by atomic mass is 9.73. The van der Waals surface area contributed by atoms with Crippen LogP contribution < -0.4 is 0 Å². The molecule has 5 heteroatoms. The summed E-state index contributed by atoms with van der Waals surface area (Å²) in [4.78, 5) is 25.6. The van der Waals surface area contributed by atoms with Gasteiger partial charge in [0.25, 0.3) is 0 Å². The van der Waals surface area contributed by atoms with Crippen molar-refractivity contribution in [2.45, 2.75) is 38.3 Å². The van der Waals surface area contributed by atoms with Gasteiger partial charge in [0.2, 0.25) is 5.91 Å². The van der Waals surface area contributed by atoms with E-state index < -0.39 is 11.9 Å². The van der Waals surface area contributed by atoms with Crippen molar-refractivity contribution in [1.82, 2.24) is 4.90 Å². The number of nitrogens with zero attached hydrogens (tertiary/aromatic N) is 1. The van der Waals surface area contributed by atoms with Crippen molar-refractivity contribution < 1.29 is 14.7 Å². The summed E-state index contributed by atoms with van der Waals surface area (Å²) >= 11 is 5.88. The second-order valence-corrected chi connectivity index (χ2v) is 6.39. The second kappa shape index (κ2) is 5.68. The predicted octanol–water partition coefficient (Wildman–Crippen LogP) is 2.94. The zero-order valence-corrected chi connectivity index (χ0v) is 12.4. The fourth-order valence-electron chi connectivity index (χ4n) is 2.86. The van der Waals surface area contributed by atoms with Crippen molar-refractivity contribution in [2.24, 2.45) is 11.8 Å². The van der Waals surface area contributed by atoms with E-state index in [0.29, 0.717) is 24.4 Å². The van der Waals surface area contributed by atoms with Crippen LogP contribution in [-0.4, -0.2) is 27.9 Å². The number of aliphatic carboxylic acids is 1. The van der Waals surface area contributed by atoms with Gasteiger partial charge in [-0.25, -0.2) is 0 Å². The van der Waals surface area contributed by atoms with Crippen molar-refractivity contribution in [3.8, 4) is 0 Å². The Hall–Kier alpha value is -1.55. The number of carboxylic acids is 1. The monoisotopic (exact) mass is 307 g/mol. The predicted molar refractivity (Wildman–Crippen MR) is 78.9 cm³/mol. The first-order valence-corrected chi connectivity index (χ1v) is 7.72. The minimum atomic E-state index is -0.846. The molecule has 0 radical (unpaired) electrons. The van der Waals surface area contributed by atoms with E-state index >= 15 is 0 Å². The molecule has 0 aromatic heterocycles. The summed E-state index contributed by atoms with van der Waals surface area (Å²) in [5, 5.41) is 9.80. The van der Waals surface area contributed by atoms with Crippen LogP contribution in [0.15, 0.2) is 24.3 Å². The van der Waals surface area contributed by atoms with Crippen LogP contribution >= 0.6 is 11.6 Å². The van der Waals surface area contributed by atoms with Gasteiger partial charge in [-0.15, -0.1) is 0 Å². The Kier molecular flexibility index (Phi) is 3.89. The number of hydrogen-bond donors (Lipinski definition) is 1. The molecule has 112 valence electrons. The first-order valence-electron chi connectivity index (χ1n) is 7.34. The molecule has 0 spiro atoms. The van der Waals surface area contributed by atoms with E-state index in [-0.39, 0.29) is 17.9 Å². The molecule has 4 nitrogen and oxygen atoms in total. The number of carboxylic acid groups (broad SMARTS) is 1. The maximum atomic E-state index is 12.6. The average molecular weight is 308 g/mol. The van der Waals surface area contributed by atoms with Gasteiger partial charge in [0.1, 0.15) is 0 Å². The van der Waals surface area contributed by atoms with Crippen molar-refractivity contribution in [1.29, 1.82) is 0 Å².